The van der Waals surface area contributed by atoms with E-state index in [2.05, 4.69) is 12.2 Å². The summed E-state index contributed by atoms with van der Waals surface area (Å²) in [6.45, 7) is 4.40. The second kappa shape index (κ2) is 5.50. The topological polar surface area (TPSA) is 21.3 Å². The largest absolute Gasteiger partial charge is 0.375 e. The van der Waals surface area contributed by atoms with Gasteiger partial charge in [0.2, 0.25) is 0 Å². The van der Waals surface area contributed by atoms with Crippen LogP contribution in [-0.2, 0) is 4.74 Å². The van der Waals surface area contributed by atoms with Gasteiger partial charge in [-0.15, -0.1) is 0 Å². The molecule has 2 heteroatoms. The maximum absolute atomic E-state index is 6.19. The highest BCUT2D eigenvalue weighted by atomic mass is 16.5. The molecule has 0 aromatic carbocycles. The zero-order chi connectivity index (χ0) is 12.4. The lowest BCUT2D eigenvalue weighted by Gasteiger charge is -2.45. The number of hydrogen-bond donors (Lipinski definition) is 1. The highest BCUT2D eigenvalue weighted by Gasteiger charge is 2.43. The summed E-state index contributed by atoms with van der Waals surface area (Å²) in [6.07, 6.45) is 12.4. The van der Waals surface area contributed by atoms with E-state index in [1.807, 2.05) is 0 Å². The lowest BCUT2D eigenvalue weighted by Crippen LogP contribution is -2.50. The monoisotopic (exact) mass is 251 g/mol. The van der Waals surface area contributed by atoms with Gasteiger partial charge in [0.25, 0.3) is 0 Å². The minimum atomic E-state index is 0.292. The highest BCUT2D eigenvalue weighted by Crippen LogP contribution is 2.45. The number of ether oxygens (including phenoxy) is 1. The van der Waals surface area contributed by atoms with Gasteiger partial charge in [-0.2, -0.15) is 0 Å². The molecule has 2 saturated carbocycles. The Labute approximate surface area is 112 Å². The SMILES string of the molecule is CCNC(C1CCC1)C1CCOC2(CCCC2)C1. The molecule has 2 nitrogen and oxygen atoms in total. The summed E-state index contributed by atoms with van der Waals surface area (Å²) in [5.74, 6) is 1.84. The van der Waals surface area contributed by atoms with Crippen molar-refractivity contribution in [1.82, 2.24) is 5.32 Å². The summed E-state index contributed by atoms with van der Waals surface area (Å²) in [5, 5.41) is 3.81. The van der Waals surface area contributed by atoms with E-state index in [-0.39, 0.29) is 0 Å². The quantitative estimate of drug-likeness (QED) is 0.825. The zero-order valence-corrected chi connectivity index (χ0v) is 11.9. The third kappa shape index (κ3) is 2.46. The Bertz CT molecular complexity index is 268. The van der Waals surface area contributed by atoms with Crippen molar-refractivity contribution < 1.29 is 4.74 Å². The van der Waals surface area contributed by atoms with E-state index in [4.69, 9.17) is 4.74 Å². The number of hydrogen-bond acceptors (Lipinski definition) is 2. The standard InChI is InChI=1S/C16H29NO/c1-2-17-15(13-6-5-7-13)14-8-11-18-16(12-14)9-3-4-10-16/h13-15,17H,2-12H2,1H3. The molecule has 0 aromatic rings. The van der Waals surface area contributed by atoms with Crippen molar-refractivity contribution in [1.29, 1.82) is 0 Å². The van der Waals surface area contributed by atoms with Crippen molar-refractivity contribution in [2.24, 2.45) is 11.8 Å². The van der Waals surface area contributed by atoms with Gasteiger partial charge in [-0.3, -0.25) is 0 Å². The molecule has 1 N–H and O–H groups in total. The second-order valence-corrected chi connectivity index (χ2v) is 6.77. The molecule has 2 unspecified atom stereocenters. The maximum Gasteiger partial charge on any atom is 0.0685 e. The smallest absolute Gasteiger partial charge is 0.0685 e. The van der Waals surface area contributed by atoms with Gasteiger partial charge in [-0.05, 0) is 56.9 Å². The molecule has 3 rings (SSSR count). The molecule has 1 aliphatic heterocycles. The Morgan fingerprint density at radius 3 is 2.50 bits per heavy atom. The normalized spacial score (nSPS) is 33.5. The van der Waals surface area contributed by atoms with E-state index in [0.29, 0.717) is 5.60 Å². The molecule has 2 atom stereocenters. The van der Waals surface area contributed by atoms with Crippen LogP contribution in [0.1, 0.15) is 64.7 Å². The van der Waals surface area contributed by atoms with Crippen LogP contribution in [0.5, 0.6) is 0 Å². The van der Waals surface area contributed by atoms with Gasteiger partial charge in [0.15, 0.2) is 0 Å². The van der Waals surface area contributed by atoms with Crippen molar-refractivity contribution in [2.45, 2.75) is 76.4 Å². The van der Waals surface area contributed by atoms with Crippen LogP contribution in [0.15, 0.2) is 0 Å². The molecular formula is C16H29NO. The molecule has 2 aliphatic carbocycles. The molecule has 1 spiro atoms. The van der Waals surface area contributed by atoms with Crippen LogP contribution in [0.25, 0.3) is 0 Å². The summed E-state index contributed by atoms with van der Waals surface area (Å²) >= 11 is 0. The summed E-state index contributed by atoms with van der Waals surface area (Å²) in [6, 6.07) is 0.783. The van der Waals surface area contributed by atoms with Crippen LogP contribution in [0.3, 0.4) is 0 Å². The summed E-state index contributed by atoms with van der Waals surface area (Å²) < 4.78 is 6.19. The summed E-state index contributed by atoms with van der Waals surface area (Å²) in [7, 11) is 0. The minimum Gasteiger partial charge on any atom is -0.375 e. The van der Waals surface area contributed by atoms with Crippen LogP contribution >= 0.6 is 0 Å². The average molecular weight is 251 g/mol. The van der Waals surface area contributed by atoms with Gasteiger partial charge >= 0.3 is 0 Å². The van der Waals surface area contributed by atoms with Crippen molar-refractivity contribution >= 4 is 0 Å². The van der Waals surface area contributed by atoms with E-state index in [9.17, 15) is 0 Å². The summed E-state index contributed by atoms with van der Waals surface area (Å²) in [4.78, 5) is 0. The fourth-order valence-electron chi connectivity index (χ4n) is 4.49. The van der Waals surface area contributed by atoms with Crippen molar-refractivity contribution in [3.8, 4) is 0 Å². The van der Waals surface area contributed by atoms with Crippen LogP contribution in [0, 0.1) is 11.8 Å². The van der Waals surface area contributed by atoms with Gasteiger partial charge in [0.1, 0.15) is 0 Å². The molecule has 18 heavy (non-hydrogen) atoms. The molecule has 0 radical (unpaired) electrons. The fourth-order valence-corrected chi connectivity index (χ4v) is 4.49. The Morgan fingerprint density at radius 1 is 1.11 bits per heavy atom. The van der Waals surface area contributed by atoms with Gasteiger partial charge < -0.3 is 10.1 Å². The lowest BCUT2D eigenvalue weighted by molar-refractivity contribution is -0.103. The Balaban J connectivity index is 1.65. The van der Waals surface area contributed by atoms with E-state index in [1.54, 1.807) is 0 Å². The molecule has 0 bridgehead atoms. The van der Waals surface area contributed by atoms with Gasteiger partial charge in [0, 0.05) is 12.6 Å². The minimum absolute atomic E-state index is 0.292. The van der Waals surface area contributed by atoms with Crippen LogP contribution in [0.2, 0.25) is 0 Å². The number of nitrogens with one attached hydrogen (secondary N) is 1. The molecule has 3 fully saturated rings. The fraction of sp³-hybridized carbons (Fsp3) is 1.00. The van der Waals surface area contributed by atoms with Crippen molar-refractivity contribution in [3.63, 3.8) is 0 Å². The molecular weight excluding hydrogens is 222 g/mol. The van der Waals surface area contributed by atoms with Crippen molar-refractivity contribution in [2.75, 3.05) is 13.2 Å². The van der Waals surface area contributed by atoms with Gasteiger partial charge in [-0.25, -0.2) is 0 Å². The molecule has 1 heterocycles. The van der Waals surface area contributed by atoms with Crippen LogP contribution in [-0.4, -0.2) is 24.8 Å². The Hall–Kier alpha value is -0.0800. The maximum atomic E-state index is 6.19. The van der Waals surface area contributed by atoms with E-state index >= 15 is 0 Å². The van der Waals surface area contributed by atoms with Crippen LogP contribution in [0.4, 0.5) is 0 Å². The second-order valence-electron chi connectivity index (χ2n) is 6.77. The Morgan fingerprint density at radius 2 is 1.89 bits per heavy atom. The Kier molecular flexibility index (Phi) is 3.95. The third-order valence-electron chi connectivity index (χ3n) is 5.65. The summed E-state index contributed by atoms with van der Waals surface area (Å²) in [5.41, 5.74) is 0.292. The molecule has 104 valence electrons. The van der Waals surface area contributed by atoms with Crippen LogP contribution < -0.4 is 5.32 Å². The molecule has 1 saturated heterocycles. The highest BCUT2D eigenvalue weighted by molar-refractivity contribution is 4.97. The molecule has 0 amide bonds. The first kappa shape index (κ1) is 12.9. The van der Waals surface area contributed by atoms with E-state index in [1.165, 1.54) is 57.8 Å². The predicted octanol–water partition coefficient (Wildman–Crippen LogP) is 3.50. The van der Waals surface area contributed by atoms with E-state index < -0.39 is 0 Å². The first-order valence-corrected chi connectivity index (χ1v) is 8.20. The van der Waals surface area contributed by atoms with Gasteiger partial charge in [0.05, 0.1) is 5.60 Å². The van der Waals surface area contributed by atoms with Gasteiger partial charge in [-0.1, -0.05) is 26.2 Å². The average Bonchev–Trinajstić information content (AvgIpc) is 2.74. The molecule has 0 aromatic heterocycles. The predicted molar refractivity (Wildman–Crippen MR) is 74.7 cm³/mol. The third-order valence-corrected chi connectivity index (χ3v) is 5.65. The lowest BCUT2D eigenvalue weighted by atomic mass is 9.70. The first-order chi connectivity index (χ1) is 8.83. The first-order valence-electron chi connectivity index (χ1n) is 8.20. The van der Waals surface area contributed by atoms with Crippen molar-refractivity contribution in [3.05, 3.63) is 0 Å². The van der Waals surface area contributed by atoms with E-state index in [0.717, 1.165) is 31.0 Å². The molecule has 3 aliphatic rings. The number of rotatable bonds is 4. The zero-order valence-electron chi connectivity index (χ0n) is 11.9.